The number of nitrogens with zero attached hydrogens (tertiary/aromatic N) is 2. The van der Waals surface area contributed by atoms with Gasteiger partial charge < -0.3 is 9.80 Å². The second kappa shape index (κ2) is 8.20. The van der Waals surface area contributed by atoms with Crippen molar-refractivity contribution < 1.29 is 4.90 Å². The molecule has 3 fully saturated rings. The molecule has 138 valence electrons. The molecular weight excluding hydrogens is 306 g/mol. The summed E-state index contributed by atoms with van der Waals surface area (Å²) in [6.45, 7) is 7.99. The third-order valence-electron chi connectivity index (χ3n) is 7.15. The molecule has 2 aliphatic heterocycles. The van der Waals surface area contributed by atoms with E-state index in [1.54, 1.807) is 10.5 Å². The SMILES string of the molecule is C[NH+]1CCN(C2CCN(C3CCC(c4ccccc4)CC3)CC2)CC1. The number of hydrogen-bond donors (Lipinski definition) is 1. The molecule has 2 saturated heterocycles. The third-order valence-corrected chi connectivity index (χ3v) is 7.15. The minimum atomic E-state index is 0.808. The largest absolute Gasteiger partial charge is 0.335 e. The van der Waals surface area contributed by atoms with Crippen LogP contribution in [0.25, 0.3) is 0 Å². The highest BCUT2D eigenvalue weighted by molar-refractivity contribution is 5.20. The fraction of sp³-hybridized carbons (Fsp3) is 0.727. The third kappa shape index (κ3) is 4.27. The van der Waals surface area contributed by atoms with Gasteiger partial charge >= 0.3 is 0 Å². The van der Waals surface area contributed by atoms with E-state index in [0.717, 1.165) is 18.0 Å². The van der Waals surface area contributed by atoms with Crippen molar-refractivity contribution in [1.29, 1.82) is 0 Å². The number of piperazine rings is 1. The molecule has 1 aromatic carbocycles. The van der Waals surface area contributed by atoms with Crippen LogP contribution in [-0.4, -0.2) is 68.2 Å². The van der Waals surface area contributed by atoms with E-state index in [4.69, 9.17) is 0 Å². The minimum Gasteiger partial charge on any atom is -0.335 e. The lowest BCUT2D eigenvalue weighted by atomic mass is 9.81. The van der Waals surface area contributed by atoms with E-state index in [2.05, 4.69) is 47.2 Å². The first-order chi connectivity index (χ1) is 12.3. The van der Waals surface area contributed by atoms with Gasteiger partial charge in [-0.05, 0) is 63.1 Å². The minimum absolute atomic E-state index is 0.808. The fourth-order valence-corrected chi connectivity index (χ4v) is 5.39. The lowest BCUT2D eigenvalue weighted by Gasteiger charge is -2.44. The Kier molecular flexibility index (Phi) is 5.74. The van der Waals surface area contributed by atoms with E-state index in [1.165, 1.54) is 77.8 Å². The van der Waals surface area contributed by atoms with Crippen LogP contribution in [0, 0.1) is 0 Å². The van der Waals surface area contributed by atoms with E-state index in [9.17, 15) is 0 Å². The summed E-state index contributed by atoms with van der Waals surface area (Å²) in [7, 11) is 2.34. The number of likely N-dealkylation sites (tertiary alicyclic amines) is 1. The molecule has 1 N–H and O–H groups in total. The lowest BCUT2D eigenvalue weighted by Crippen LogP contribution is -3.12. The van der Waals surface area contributed by atoms with Gasteiger partial charge in [0.15, 0.2) is 0 Å². The van der Waals surface area contributed by atoms with Gasteiger partial charge in [-0.2, -0.15) is 0 Å². The van der Waals surface area contributed by atoms with E-state index >= 15 is 0 Å². The van der Waals surface area contributed by atoms with Crippen molar-refractivity contribution in [2.24, 2.45) is 0 Å². The van der Waals surface area contributed by atoms with Crippen LogP contribution in [0.4, 0.5) is 0 Å². The summed E-state index contributed by atoms with van der Waals surface area (Å²) in [5.41, 5.74) is 1.57. The van der Waals surface area contributed by atoms with Crippen LogP contribution >= 0.6 is 0 Å². The van der Waals surface area contributed by atoms with Gasteiger partial charge in [-0.1, -0.05) is 30.3 Å². The predicted octanol–water partition coefficient (Wildman–Crippen LogP) is 2.01. The molecule has 25 heavy (non-hydrogen) atoms. The summed E-state index contributed by atoms with van der Waals surface area (Å²) < 4.78 is 0. The van der Waals surface area contributed by atoms with E-state index < -0.39 is 0 Å². The zero-order valence-electron chi connectivity index (χ0n) is 16.0. The molecule has 0 radical (unpaired) electrons. The topological polar surface area (TPSA) is 10.9 Å². The molecule has 0 aromatic heterocycles. The molecule has 3 nitrogen and oxygen atoms in total. The van der Waals surface area contributed by atoms with Crippen molar-refractivity contribution in [1.82, 2.24) is 9.80 Å². The molecule has 3 heteroatoms. The predicted molar refractivity (Wildman–Crippen MR) is 104 cm³/mol. The van der Waals surface area contributed by atoms with Gasteiger partial charge in [0, 0.05) is 25.2 Å². The Morgan fingerprint density at radius 1 is 0.720 bits per heavy atom. The monoisotopic (exact) mass is 342 g/mol. The number of likely N-dealkylation sites (N-methyl/N-ethyl adjacent to an activating group) is 1. The summed E-state index contributed by atoms with van der Waals surface area (Å²) in [4.78, 5) is 7.33. The first kappa shape index (κ1) is 17.5. The van der Waals surface area contributed by atoms with Crippen molar-refractivity contribution in [3.05, 3.63) is 35.9 Å². The van der Waals surface area contributed by atoms with Crippen molar-refractivity contribution in [3.8, 4) is 0 Å². The number of nitrogens with one attached hydrogen (secondary N) is 1. The highest BCUT2D eigenvalue weighted by Gasteiger charge is 2.32. The highest BCUT2D eigenvalue weighted by Crippen LogP contribution is 2.35. The quantitative estimate of drug-likeness (QED) is 0.901. The van der Waals surface area contributed by atoms with Crippen LogP contribution in [0.3, 0.4) is 0 Å². The molecule has 3 aliphatic rings. The zero-order chi connectivity index (χ0) is 17.1. The van der Waals surface area contributed by atoms with E-state index in [-0.39, 0.29) is 0 Å². The Bertz CT molecular complexity index is 507. The zero-order valence-corrected chi connectivity index (χ0v) is 16.0. The Morgan fingerprint density at radius 2 is 1.28 bits per heavy atom. The Morgan fingerprint density at radius 3 is 1.92 bits per heavy atom. The molecule has 0 unspecified atom stereocenters. The molecule has 1 aromatic rings. The second-order valence-corrected chi connectivity index (χ2v) is 8.68. The van der Waals surface area contributed by atoms with E-state index in [1.807, 2.05) is 0 Å². The normalized spacial score (nSPS) is 31.2. The summed E-state index contributed by atoms with van der Waals surface area (Å²) in [6.07, 6.45) is 8.38. The van der Waals surface area contributed by atoms with Crippen molar-refractivity contribution in [2.75, 3.05) is 46.3 Å². The van der Waals surface area contributed by atoms with Crippen LogP contribution < -0.4 is 4.90 Å². The van der Waals surface area contributed by atoms with Crippen molar-refractivity contribution >= 4 is 0 Å². The van der Waals surface area contributed by atoms with Gasteiger partial charge in [0.25, 0.3) is 0 Å². The summed E-state index contributed by atoms with van der Waals surface area (Å²) in [5, 5.41) is 0. The Balaban J connectivity index is 1.22. The molecule has 0 bridgehead atoms. The van der Waals surface area contributed by atoms with Crippen LogP contribution in [0.2, 0.25) is 0 Å². The van der Waals surface area contributed by atoms with Crippen LogP contribution in [0.5, 0.6) is 0 Å². The van der Waals surface area contributed by atoms with Crippen LogP contribution in [0.1, 0.15) is 50.0 Å². The maximum atomic E-state index is 2.83. The summed E-state index contributed by atoms with van der Waals surface area (Å²) in [6, 6.07) is 12.9. The van der Waals surface area contributed by atoms with E-state index in [0.29, 0.717) is 0 Å². The molecule has 0 amide bonds. The summed E-state index contributed by atoms with van der Waals surface area (Å²) in [5.74, 6) is 0.808. The molecule has 1 aliphatic carbocycles. The first-order valence-electron chi connectivity index (χ1n) is 10.6. The van der Waals surface area contributed by atoms with Crippen LogP contribution in [0.15, 0.2) is 30.3 Å². The van der Waals surface area contributed by atoms with Gasteiger partial charge in [-0.25, -0.2) is 0 Å². The maximum Gasteiger partial charge on any atom is 0.0898 e. The standard InChI is InChI=1S/C22H35N3/c1-23-15-17-25(18-16-23)22-11-13-24(14-12-22)21-9-7-20(8-10-21)19-5-3-2-4-6-19/h2-6,20-22H,7-18H2,1H3/p+1. The van der Waals surface area contributed by atoms with Crippen molar-refractivity contribution in [3.63, 3.8) is 0 Å². The average molecular weight is 343 g/mol. The highest BCUT2D eigenvalue weighted by atomic mass is 15.3. The van der Waals surface area contributed by atoms with Crippen molar-refractivity contribution in [2.45, 2.75) is 56.5 Å². The number of rotatable bonds is 3. The number of benzene rings is 1. The maximum absolute atomic E-state index is 2.83. The van der Waals surface area contributed by atoms with Gasteiger partial charge in [-0.3, -0.25) is 4.90 Å². The van der Waals surface area contributed by atoms with Gasteiger partial charge in [0.2, 0.25) is 0 Å². The summed E-state index contributed by atoms with van der Waals surface area (Å²) >= 11 is 0. The molecule has 1 saturated carbocycles. The smallest absolute Gasteiger partial charge is 0.0898 e. The Hall–Kier alpha value is -0.900. The Labute approximate surface area is 154 Å². The van der Waals surface area contributed by atoms with Gasteiger partial charge in [0.1, 0.15) is 0 Å². The molecule has 4 rings (SSSR count). The molecule has 0 atom stereocenters. The molecular formula is C22H36N3+. The van der Waals surface area contributed by atoms with Gasteiger partial charge in [-0.15, -0.1) is 0 Å². The fourth-order valence-electron chi connectivity index (χ4n) is 5.39. The molecule has 2 heterocycles. The second-order valence-electron chi connectivity index (χ2n) is 8.68. The van der Waals surface area contributed by atoms with Crippen LogP contribution in [-0.2, 0) is 0 Å². The number of hydrogen-bond acceptors (Lipinski definition) is 2. The number of piperidine rings is 1. The first-order valence-corrected chi connectivity index (χ1v) is 10.6. The lowest BCUT2D eigenvalue weighted by molar-refractivity contribution is -0.884. The average Bonchev–Trinajstić information content (AvgIpc) is 2.70. The molecule has 0 spiro atoms. The van der Waals surface area contributed by atoms with Gasteiger partial charge in [0.05, 0.1) is 20.1 Å². The number of quaternary nitrogens is 1.